The number of aromatic nitrogens is 2. The summed E-state index contributed by atoms with van der Waals surface area (Å²) in [7, 11) is 0. The fourth-order valence-corrected chi connectivity index (χ4v) is 2.38. The predicted molar refractivity (Wildman–Crippen MR) is 96.1 cm³/mol. The lowest BCUT2D eigenvalue weighted by Crippen LogP contribution is -2.24. The molecule has 2 aromatic carbocycles. The van der Waals surface area contributed by atoms with Gasteiger partial charge < -0.3 is 15.4 Å². The summed E-state index contributed by atoms with van der Waals surface area (Å²) in [6, 6.07) is 11.6. The van der Waals surface area contributed by atoms with Crippen LogP contribution in [0, 0.1) is 6.92 Å². The maximum Gasteiger partial charge on any atom is 0.264 e. The highest BCUT2D eigenvalue weighted by Gasteiger charge is 2.14. The molecule has 3 N–H and O–H groups in total. The number of phenols is 1. The van der Waals surface area contributed by atoms with E-state index in [0.717, 1.165) is 5.56 Å². The zero-order chi connectivity index (χ0) is 18.0. The number of benzene rings is 2. The van der Waals surface area contributed by atoms with Crippen molar-refractivity contribution in [3.05, 3.63) is 75.2 Å². The molecule has 0 spiro atoms. The van der Waals surface area contributed by atoms with Gasteiger partial charge in [-0.25, -0.2) is 4.98 Å². The number of anilines is 1. The molecule has 3 rings (SSSR count). The standard InChI is InChI=1S/C18H14ClN3O3/c1-10-2-7-15(23)14(8-10)21-17(24)13-9-20-16(22-18(13)25)11-3-5-12(19)6-4-11/h2-9,23H,1H3,(H,21,24)(H,20,22,25). The zero-order valence-electron chi connectivity index (χ0n) is 13.2. The summed E-state index contributed by atoms with van der Waals surface area (Å²) in [5.41, 5.74) is 1.03. The summed E-state index contributed by atoms with van der Waals surface area (Å²) in [4.78, 5) is 31.2. The average Bonchev–Trinajstić information content (AvgIpc) is 2.58. The van der Waals surface area contributed by atoms with Crippen molar-refractivity contribution in [3.8, 4) is 17.1 Å². The maximum atomic E-state index is 12.3. The van der Waals surface area contributed by atoms with Gasteiger partial charge in [-0.1, -0.05) is 17.7 Å². The molecule has 126 valence electrons. The molecule has 1 amide bonds. The highest BCUT2D eigenvalue weighted by atomic mass is 35.5. The molecule has 0 saturated carbocycles. The number of aromatic amines is 1. The van der Waals surface area contributed by atoms with Crippen molar-refractivity contribution in [1.29, 1.82) is 0 Å². The number of nitrogens with one attached hydrogen (secondary N) is 2. The summed E-state index contributed by atoms with van der Waals surface area (Å²) in [5.74, 6) is -0.407. The third-order valence-electron chi connectivity index (χ3n) is 3.56. The molecule has 1 heterocycles. The van der Waals surface area contributed by atoms with Crippen LogP contribution in [0.15, 0.2) is 53.5 Å². The highest BCUT2D eigenvalue weighted by molar-refractivity contribution is 6.30. The Morgan fingerprint density at radius 2 is 1.92 bits per heavy atom. The van der Waals surface area contributed by atoms with Crippen LogP contribution in [0.1, 0.15) is 15.9 Å². The highest BCUT2D eigenvalue weighted by Crippen LogP contribution is 2.24. The van der Waals surface area contributed by atoms with Crippen LogP contribution in [0.3, 0.4) is 0 Å². The topological polar surface area (TPSA) is 95.1 Å². The van der Waals surface area contributed by atoms with Gasteiger partial charge in [0.15, 0.2) is 0 Å². The van der Waals surface area contributed by atoms with Crippen molar-refractivity contribution in [2.75, 3.05) is 5.32 Å². The Kier molecular flexibility index (Phi) is 4.54. The Labute approximate surface area is 148 Å². The smallest absolute Gasteiger partial charge is 0.264 e. The number of phenolic OH excluding ortho intramolecular Hbond substituents is 1. The number of aryl methyl sites for hydroxylation is 1. The van der Waals surface area contributed by atoms with Gasteiger partial charge in [0.05, 0.1) is 5.69 Å². The fourth-order valence-electron chi connectivity index (χ4n) is 2.25. The third-order valence-corrected chi connectivity index (χ3v) is 3.81. The van der Waals surface area contributed by atoms with Gasteiger partial charge in [0.1, 0.15) is 17.1 Å². The Balaban J connectivity index is 1.88. The van der Waals surface area contributed by atoms with Crippen molar-refractivity contribution in [2.24, 2.45) is 0 Å². The lowest BCUT2D eigenvalue weighted by molar-refractivity contribution is 0.102. The van der Waals surface area contributed by atoms with Crippen molar-refractivity contribution < 1.29 is 9.90 Å². The summed E-state index contributed by atoms with van der Waals surface area (Å²) < 4.78 is 0. The molecule has 0 radical (unpaired) electrons. The lowest BCUT2D eigenvalue weighted by atomic mass is 10.2. The molecule has 0 aliphatic heterocycles. The van der Waals surface area contributed by atoms with E-state index < -0.39 is 11.5 Å². The van der Waals surface area contributed by atoms with E-state index in [1.54, 1.807) is 36.4 Å². The Bertz CT molecular complexity index is 997. The van der Waals surface area contributed by atoms with Crippen LogP contribution in [0.25, 0.3) is 11.4 Å². The molecule has 0 bridgehead atoms. The van der Waals surface area contributed by atoms with Crippen LogP contribution < -0.4 is 10.9 Å². The van der Waals surface area contributed by atoms with Crippen molar-refractivity contribution >= 4 is 23.2 Å². The number of nitrogens with zero attached hydrogens (tertiary/aromatic N) is 1. The van der Waals surface area contributed by atoms with Crippen LogP contribution in [0.2, 0.25) is 5.02 Å². The van der Waals surface area contributed by atoms with Crippen LogP contribution in [0.4, 0.5) is 5.69 Å². The molecule has 0 fully saturated rings. The number of H-pyrrole nitrogens is 1. The molecule has 0 aliphatic carbocycles. The molecule has 6 nitrogen and oxygen atoms in total. The van der Waals surface area contributed by atoms with E-state index in [-0.39, 0.29) is 17.0 Å². The van der Waals surface area contributed by atoms with E-state index in [9.17, 15) is 14.7 Å². The van der Waals surface area contributed by atoms with Crippen LogP contribution in [0.5, 0.6) is 5.75 Å². The number of hydrogen-bond donors (Lipinski definition) is 3. The SMILES string of the molecule is Cc1ccc(O)c(NC(=O)c2cnc(-c3ccc(Cl)cc3)[nH]c2=O)c1. The molecule has 7 heteroatoms. The van der Waals surface area contributed by atoms with Crippen LogP contribution in [-0.4, -0.2) is 21.0 Å². The number of rotatable bonds is 3. The van der Waals surface area contributed by atoms with E-state index in [1.807, 2.05) is 6.92 Å². The molecular formula is C18H14ClN3O3. The van der Waals surface area contributed by atoms with Crippen molar-refractivity contribution in [1.82, 2.24) is 9.97 Å². The first-order valence-corrected chi connectivity index (χ1v) is 7.78. The van der Waals surface area contributed by atoms with Crippen LogP contribution >= 0.6 is 11.6 Å². The second-order valence-electron chi connectivity index (χ2n) is 5.46. The van der Waals surface area contributed by atoms with E-state index in [2.05, 4.69) is 15.3 Å². The normalized spacial score (nSPS) is 10.5. The van der Waals surface area contributed by atoms with Gasteiger partial charge in [0, 0.05) is 16.8 Å². The van der Waals surface area contributed by atoms with Gasteiger partial charge >= 0.3 is 0 Å². The molecular weight excluding hydrogens is 342 g/mol. The number of hydrogen-bond acceptors (Lipinski definition) is 4. The van der Waals surface area contributed by atoms with Crippen molar-refractivity contribution in [2.45, 2.75) is 6.92 Å². The summed E-state index contributed by atoms with van der Waals surface area (Å²) >= 11 is 5.83. The monoisotopic (exact) mass is 355 g/mol. The number of carbonyl (C=O) groups excluding carboxylic acids is 1. The number of carbonyl (C=O) groups is 1. The minimum atomic E-state index is -0.655. The second-order valence-corrected chi connectivity index (χ2v) is 5.89. The van der Waals surface area contributed by atoms with Gasteiger partial charge in [0.2, 0.25) is 0 Å². The largest absolute Gasteiger partial charge is 0.506 e. The third kappa shape index (κ3) is 3.70. The molecule has 0 atom stereocenters. The summed E-state index contributed by atoms with van der Waals surface area (Å²) in [6.45, 7) is 1.82. The minimum Gasteiger partial charge on any atom is -0.506 e. The fraction of sp³-hybridized carbons (Fsp3) is 0.0556. The predicted octanol–water partition coefficient (Wildman–Crippen LogP) is 3.36. The van der Waals surface area contributed by atoms with Gasteiger partial charge in [0.25, 0.3) is 11.5 Å². The molecule has 0 aliphatic rings. The van der Waals surface area contributed by atoms with Crippen LogP contribution in [-0.2, 0) is 0 Å². The summed E-state index contributed by atoms with van der Waals surface area (Å²) in [5, 5.41) is 12.9. The second kappa shape index (κ2) is 6.78. The quantitative estimate of drug-likeness (QED) is 0.628. The number of amides is 1. The first kappa shape index (κ1) is 16.7. The van der Waals surface area contributed by atoms with E-state index in [0.29, 0.717) is 16.4 Å². The molecule has 25 heavy (non-hydrogen) atoms. The number of halogens is 1. The molecule has 3 aromatic rings. The molecule has 0 saturated heterocycles. The molecule has 1 aromatic heterocycles. The lowest BCUT2D eigenvalue weighted by Gasteiger charge is -2.08. The average molecular weight is 356 g/mol. The Morgan fingerprint density at radius 1 is 1.20 bits per heavy atom. The van der Waals surface area contributed by atoms with Gasteiger partial charge in [-0.3, -0.25) is 9.59 Å². The Morgan fingerprint density at radius 3 is 2.60 bits per heavy atom. The van der Waals surface area contributed by atoms with E-state index >= 15 is 0 Å². The zero-order valence-corrected chi connectivity index (χ0v) is 14.0. The van der Waals surface area contributed by atoms with Gasteiger partial charge in [-0.15, -0.1) is 0 Å². The van der Waals surface area contributed by atoms with E-state index in [1.165, 1.54) is 12.3 Å². The first-order valence-electron chi connectivity index (χ1n) is 7.40. The first-order chi connectivity index (χ1) is 11.9. The van der Waals surface area contributed by atoms with Crippen molar-refractivity contribution in [3.63, 3.8) is 0 Å². The minimum absolute atomic E-state index is 0.0823. The van der Waals surface area contributed by atoms with Gasteiger partial charge in [-0.2, -0.15) is 0 Å². The number of aromatic hydroxyl groups is 1. The molecule has 0 unspecified atom stereocenters. The Hall–Kier alpha value is -3.12. The summed E-state index contributed by atoms with van der Waals surface area (Å²) in [6.07, 6.45) is 1.20. The van der Waals surface area contributed by atoms with Gasteiger partial charge in [-0.05, 0) is 48.9 Å². The maximum absolute atomic E-state index is 12.3. The van der Waals surface area contributed by atoms with E-state index in [4.69, 9.17) is 11.6 Å².